The highest BCUT2D eigenvalue weighted by Gasteiger charge is 2.29. The Balaban J connectivity index is 1.58. The van der Waals surface area contributed by atoms with Crippen LogP contribution in [0.3, 0.4) is 0 Å². The van der Waals surface area contributed by atoms with Crippen molar-refractivity contribution in [3.05, 3.63) is 68.8 Å². The van der Waals surface area contributed by atoms with E-state index in [0.717, 1.165) is 29.3 Å². The first-order valence-electron chi connectivity index (χ1n) is 14.2. The van der Waals surface area contributed by atoms with Crippen molar-refractivity contribution in [2.24, 2.45) is 7.05 Å². The normalized spacial score (nSPS) is 15.7. The van der Waals surface area contributed by atoms with Gasteiger partial charge in [-0.3, -0.25) is 13.9 Å². The minimum Gasteiger partial charge on any atom is -0.444 e. The van der Waals surface area contributed by atoms with Crippen LogP contribution in [-0.4, -0.2) is 59.5 Å². The SMILES string of the molecule is CC(C)=CCn1c(N2CCCC(NC(=O)OC(C)(C)C)C2)nc2c1c(=O)n(Cc1ncnc3ccccc13)c(=O)n2C. The molecule has 1 aliphatic heterocycles. The zero-order valence-corrected chi connectivity index (χ0v) is 25.0. The maximum absolute atomic E-state index is 14.1. The van der Waals surface area contributed by atoms with Gasteiger partial charge in [0, 0.05) is 38.1 Å². The maximum atomic E-state index is 14.1. The van der Waals surface area contributed by atoms with Crippen LogP contribution in [0.1, 0.15) is 53.2 Å². The molecule has 1 atom stereocenters. The fourth-order valence-corrected chi connectivity index (χ4v) is 5.27. The van der Waals surface area contributed by atoms with Crippen molar-refractivity contribution >= 4 is 34.1 Å². The van der Waals surface area contributed by atoms with Gasteiger partial charge < -0.3 is 19.5 Å². The second-order valence-corrected chi connectivity index (χ2v) is 12.0. The minimum atomic E-state index is -0.598. The van der Waals surface area contributed by atoms with Gasteiger partial charge >= 0.3 is 11.8 Å². The van der Waals surface area contributed by atoms with E-state index in [4.69, 9.17) is 9.72 Å². The summed E-state index contributed by atoms with van der Waals surface area (Å²) in [6, 6.07) is 7.36. The van der Waals surface area contributed by atoms with Gasteiger partial charge in [-0.1, -0.05) is 29.8 Å². The second kappa shape index (κ2) is 11.4. The van der Waals surface area contributed by atoms with E-state index in [2.05, 4.69) is 20.2 Å². The lowest BCUT2D eigenvalue weighted by Gasteiger charge is -2.34. The Labute approximate surface area is 243 Å². The molecule has 1 aliphatic rings. The molecule has 0 aliphatic carbocycles. The van der Waals surface area contributed by atoms with Crippen molar-refractivity contribution in [3.8, 4) is 0 Å². The molecule has 1 N–H and O–H groups in total. The van der Waals surface area contributed by atoms with E-state index in [1.807, 2.05) is 69.5 Å². The molecule has 4 heterocycles. The predicted octanol–water partition coefficient (Wildman–Crippen LogP) is 3.35. The number of imidazole rings is 1. The Morgan fingerprint density at radius 3 is 2.64 bits per heavy atom. The molecule has 1 fully saturated rings. The summed E-state index contributed by atoms with van der Waals surface area (Å²) in [5.74, 6) is 0.579. The van der Waals surface area contributed by atoms with Crippen LogP contribution in [0, 0.1) is 0 Å². The van der Waals surface area contributed by atoms with E-state index >= 15 is 0 Å². The number of benzene rings is 1. The molecule has 1 unspecified atom stereocenters. The zero-order valence-electron chi connectivity index (χ0n) is 25.0. The number of hydrogen-bond acceptors (Lipinski definition) is 8. The van der Waals surface area contributed by atoms with Crippen LogP contribution >= 0.6 is 0 Å². The van der Waals surface area contributed by atoms with Gasteiger partial charge in [-0.15, -0.1) is 0 Å². The summed E-state index contributed by atoms with van der Waals surface area (Å²) in [5.41, 5.74) is 1.56. The number of rotatable bonds is 6. The van der Waals surface area contributed by atoms with Gasteiger partial charge in [0.15, 0.2) is 11.2 Å². The Hall–Kier alpha value is -4.48. The zero-order chi connectivity index (χ0) is 30.2. The van der Waals surface area contributed by atoms with Gasteiger partial charge in [0.05, 0.1) is 17.8 Å². The standard InChI is InChI=1S/C30H38N8O4/c1-19(2)13-15-37-24-25(34-27(37)36-14-9-10-20(16-36)33-28(40)42-30(3,4)5)35(6)29(41)38(26(24)39)17-23-21-11-7-8-12-22(21)31-18-32-23/h7-8,11-13,18,20H,9-10,14-17H2,1-6H3,(H,33,40). The molecule has 222 valence electrons. The number of hydrogen-bond donors (Lipinski definition) is 1. The second-order valence-electron chi connectivity index (χ2n) is 12.0. The number of aryl methyl sites for hydroxylation is 1. The number of para-hydroxylation sites is 1. The predicted molar refractivity (Wildman–Crippen MR) is 162 cm³/mol. The average molecular weight is 575 g/mol. The fraction of sp³-hybridized carbons (Fsp3) is 0.467. The number of allylic oxidation sites excluding steroid dienone is 2. The van der Waals surface area contributed by atoms with Gasteiger partial charge in [0.2, 0.25) is 5.95 Å². The number of aromatic nitrogens is 6. The van der Waals surface area contributed by atoms with Gasteiger partial charge in [0.1, 0.15) is 11.9 Å². The van der Waals surface area contributed by atoms with Gasteiger partial charge in [-0.05, 0) is 53.5 Å². The summed E-state index contributed by atoms with van der Waals surface area (Å²) in [7, 11) is 1.63. The molecule has 0 bridgehead atoms. The number of alkyl carbamates (subject to hydrolysis) is 1. The van der Waals surface area contributed by atoms with E-state index in [1.54, 1.807) is 7.05 Å². The quantitative estimate of drug-likeness (QED) is 0.347. The van der Waals surface area contributed by atoms with Crippen molar-refractivity contribution in [1.82, 2.24) is 34.0 Å². The Bertz CT molecular complexity index is 1780. The summed E-state index contributed by atoms with van der Waals surface area (Å²) in [5, 5.41) is 3.76. The van der Waals surface area contributed by atoms with E-state index in [1.165, 1.54) is 15.5 Å². The van der Waals surface area contributed by atoms with E-state index in [-0.39, 0.29) is 12.6 Å². The van der Waals surface area contributed by atoms with Crippen molar-refractivity contribution in [3.63, 3.8) is 0 Å². The van der Waals surface area contributed by atoms with Crippen LogP contribution in [0.2, 0.25) is 0 Å². The molecule has 1 aromatic carbocycles. The fourth-order valence-electron chi connectivity index (χ4n) is 5.27. The van der Waals surface area contributed by atoms with E-state index in [0.29, 0.717) is 42.4 Å². The molecule has 12 nitrogen and oxygen atoms in total. The third-order valence-corrected chi connectivity index (χ3v) is 7.25. The van der Waals surface area contributed by atoms with Crippen molar-refractivity contribution in [2.45, 2.75) is 72.2 Å². The minimum absolute atomic E-state index is 0.000759. The largest absolute Gasteiger partial charge is 0.444 e. The Morgan fingerprint density at radius 2 is 1.90 bits per heavy atom. The number of carbonyl (C=O) groups excluding carboxylic acids is 1. The van der Waals surface area contributed by atoms with Crippen LogP contribution in [0.15, 0.2) is 51.8 Å². The molecule has 1 saturated heterocycles. The summed E-state index contributed by atoms with van der Waals surface area (Å²) < 4.78 is 9.97. The van der Waals surface area contributed by atoms with Crippen molar-refractivity contribution < 1.29 is 9.53 Å². The lowest BCUT2D eigenvalue weighted by molar-refractivity contribution is 0.0499. The van der Waals surface area contributed by atoms with Gasteiger partial charge in [-0.2, -0.15) is 4.98 Å². The first-order chi connectivity index (χ1) is 19.9. The van der Waals surface area contributed by atoms with E-state index < -0.39 is 22.9 Å². The number of nitrogens with zero attached hydrogens (tertiary/aromatic N) is 7. The number of anilines is 1. The number of piperidine rings is 1. The summed E-state index contributed by atoms with van der Waals surface area (Å²) in [4.78, 5) is 55.7. The van der Waals surface area contributed by atoms with Gasteiger partial charge in [0.25, 0.3) is 5.56 Å². The molecule has 0 saturated carbocycles. The highest BCUT2D eigenvalue weighted by Crippen LogP contribution is 2.24. The molecule has 5 rings (SSSR count). The van der Waals surface area contributed by atoms with Gasteiger partial charge in [-0.25, -0.2) is 19.6 Å². The molecule has 0 radical (unpaired) electrons. The monoisotopic (exact) mass is 574 g/mol. The third-order valence-electron chi connectivity index (χ3n) is 7.25. The lowest BCUT2D eigenvalue weighted by atomic mass is 10.1. The molecule has 0 spiro atoms. The summed E-state index contributed by atoms with van der Waals surface area (Å²) in [6.07, 6.45) is 4.62. The average Bonchev–Trinajstić information content (AvgIpc) is 3.32. The van der Waals surface area contributed by atoms with Crippen LogP contribution in [0.25, 0.3) is 22.1 Å². The number of nitrogens with one attached hydrogen (secondary N) is 1. The molecule has 12 heteroatoms. The number of amides is 1. The molecular weight excluding hydrogens is 536 g/mol. The number of fused-ring (bicyclic) bond motifs is 2. The maximum Gasteiger partial charge on any atom is 0.407 e. The summed E-state index contributed by atoms with van der Waals surface area (Å²) >= 11 is 0. The number of ether oxygens (including phenoxy) is 1. The number of carbonyl (C=O) groups is 1. The first kappa shape index (κ1) is 29.0. The van der Waals surface area contributed by atoms with E-state index in [9.17, 15) is 14.4 Å². The molecular formula is C30H38N8O4. The molecule has 42 heavy (non-hydrogen) atoms. The Kier molecular flexibility index (Phi) is 7.89. The highest BCUT2D eigenvalue weighted by atomic mass is 16.6. The van der Waals surface area contributed by atoms with Crippen molar-refractivity contribution in [2.75, 3.05) is 18.0 Å². The van der Waals surface area contributed by atoms with Crippen molar-refractivity contribution in [1.29, 1.82) is 0 Å². The molecule has 3 aromatic heterocycles. The summed E-state index contributed by atoms with van der Waals surface area (Å²) in [6.45, 7) is 11.1. The van der Waals surface area contributed by atoms with Crippen LogP contribution in [-0.2, 0) is 24.9 Å². The lowest BCUT2D eigenvalue weighted by Crippen LogP contribution is -2.49. The van der Waals surface area contributed by atoms with Crippen LogP contribution < -0.4 is 21.5 Å². The smallest absolute Gasteiger partial charge is 0.407 e. The Morgan fingerprint density at radius 1 is 1.14 bits per heavy atom. The molecule has 1 amide bonds. The third kappa shape index (κ3) is 5.93. The van der Waals surface area contributed by atoms with Crippen LogP contribution in [0.4, 0.5) is 10.7 Å². The first-order valence-corrected chi connectivity index (χ1v) is 14.2. The van der Waals surface area contributed by atoms with Crippen LogP contribution in [0.5, 0.6) is 0 Å². The highest BCUT2D eigenvalue weighted by molar-refractivity contribution is 5.80. The molecule has 4 aromatic rings. The topological polar surface area (TPSA) is 129 Å².